The molecule has 2 aliphatic heterocycles. The fraction of sp³-hybridized carbons (Fsp3) is 0.314. The van der Waals surface area contributed by atoms with E-state index in [1.807, 2.05) is 91.0 Å². The van der Waals surface area contributed by atoms with Crippen LogP contribution < -0.4 is 5.56 Å². The van der Waals surface area contributed by atoms with Gasteiger partial charge in [-0.1, -0.05) is 91.0 Å². The van der Waals surface area contributed by atoms with Crippen molar-refractivity contribution >= 4 is 22.9 Å². The Kier molecular flexibility index (Phi) is 8.46. The van der Waals surface area contributed by atoms with Gasteiger partial charge in [0.25, 0.3) is 5.56 Å². The molecule has 2 saturated heterocycles. The van der Waals surface area contributed by atoms with Crippen molar-refractivity contribution in [2.24, 2.45) is 4.99 Å². The van der Waals surface area contributed by atoms with Crippen molar-refractivity contribution in [3.05, 3.63) is 124 Å². The molecule has 4 heterocycles. The summed E-state index contributed by atoms with van der Waals surface area (Å²) in [7, 11) is 0. The molecular weight excluding hydrogens is 584 g/mol. The summed E-state index contributed by atoms with van der Waals surface area (Å²) in [5.41, 5.74) is 2.89. The number of aliphatic imine (C=N–C) groups is 1. The van der Waals surface area contributed by atoms with Crippen LogP contribution in [0.1, 0.15) is 43.1 Å². The zero-order chi connectivity index (χ0) is 31.6. The van der Waals surface area contributed by atoms with Gasteiger partial charge < -0.3 is 24.2 Å². The summed E-state index contributed by atoms with van der Waals surface area (Å²) in [6.45, 7) is 5.59. The van der Waals surface area contributed by atoms with Crippen molar-refractivity contribution in [2.75, 3.05) is 19.7 Å². The smallest absolute Gasteiger partial charge is 0.283 e. The lowest BCUT2D eigenvalue weighted by Crippen LogP contribution is -2.32. The van der Waals surface area contributed by atoms with Crippen molar-refractivity contribution in [1.82, 2.24) is 24.0 Å². The minimum Gasteiger partial charge on any atom is -0.394 e. The number of ether oxygens (including phenoxy) is 3. The molecule has 1 N–H and O–H groups in total. The summed E-state index contributed by atoms with van der Waals surface area (Å²) in [6, 6.07) is 29.3. The van der Waals surface area contributed by atoms with Crippen LogP contribution in [0, 0.1) is 0 Å². The van der Waals surface area contributed by atoms with E-state index in [9.17, 15) is 9.90 Å². The van der Waals surface area contributed by atoms with Gasteiger partial charge in [0.1, 0.15) is 24.1 Å². The van der Waals surface area contributed by atoms with E-state index in [2.05, 4.69) is 23.7 Å². The SMILES string of the molecule is CCN(CC)/C(=N\c1nc2c(ncn2[C@@H]2O[C@H](CO)[C@H]3OC(c4ccccc4)O[C@H]32)c(=O)n1Cc1ccccc1)c1ccccc1. The second-order valence-corrected chi connectivity index (χ2v) is 11.3. The first-order chi connectivity index (χ1) is 22.6. The molecule has 7 rings (SSSR count). The fourth-order valence-corrected chi connectivity index (χ4v) is 6.17. The van der Waals surface area contributed by atoms with Crippen molar-refractivity contribution in [3.8, 4) is 0 Å². The maximum Gasteiger partial charge on any atom is 0.283 e. The first-order valence-electron chi connectivity index (χ1n) is 15.6. The Bertz CT molecular complexity index is 1870. The van der Waals surface area contributed by atoms with E-state index in [1.165, 1.54) is 0 Å². The van der Waals surface area contributed by atoms with E-state index in [4.69, 9.17) is 24.2 Å². The van der Waals surface area contributed by atoms with E-state index in [0.29, 0.717) is 11.5 Å². The number of benzene rings is 3. The van der Waals surface area contributed by atoms with Crippen LogP contribution in [0.3, 0.4) is 0 Å². The highest BCUT2D eigenvalue weighted by atomic mass is 16.8. The second kappa shape index (κ2) is 13.0. The summed E-state index contributed by atoms with van der Waals surface area (Å²) >= 11 is 0. The van der Waals surface area contributed by atoms with Gasteiger partial charge in [-0.25, -0.2) is 4.98 Å². The summed E-state index contributed by atoms with van der Waals surface area (Å²) in [6.07, 6.45) is -1.56. The Morgan fingerprint density at radius 3 is 2.22 bits per heavy atom. The number of nitrogens with zero attached hydrogens (tertiary/aromatic N) is 6. The van der Waals surface area contributed by atoms with Crippen LogP contribution in [0.5, 0.6) is 0 Å². The summed E-state index contributed by atoms with van der Waals surface area (Å²) in [4.78, 5) is 31.0. The van der Waals surface area contributed by atoms with Crippen LogP contribution in [0.25, 0.3) is 11.2 Å². The molecule has 0 spiro atoms. The maximum atomic E-state index is 14.2. The molecule has 1 unspecified atom stereocenters. The van der Waals surface area contributed by atoms with Crippen LogP contribution in [0.2, 0.25) is 0 Å². The molecule has 11 heteroatoms. The topological polar surface area (TPSA) is 116 Å². The van der Waals surface area contributed by atoms with Crippen LogP contribution >= 0.6 is 0 Å². The number of hydrogen-bond acceptors (Lipinski definition) is 8. The average Bonchev–Trinajstić information content (AvgIpc) is 3.82. The van der Waals surface area contributed by atoms with Crippen LogP contribution in [0.4, 0.5) is 5.95 Å². The summed E-state index contributed by atoms with van der Waals surface area (Å²) < 4.78 is 22.2. The number of imidazole rings is 1. The number of aliphatic hydroxyl groups is 1. The molecular formula is C35H36N6O5. The Morgan fingerprint density at radius 1 is 0.891 bits per heavy atom. The number of aliphatic hydroxyl groups excluding tert-OH is 1. The Hall–Kier alpha value is -4.68. The fourth-order valence-electron chi connectivity index (χ4n) is 6.17. The molecule has 0 aliphatic carbocycles. The molecule has 0 bridgehead atoms. The lowest BCUT2D eigenvalue weighted by molar-refractivity contribution is -0.153. The highest BCUT2D eigenvalue weighted by molar-refractivity contribution is 6.00. The predicted molar refractivity (Wildman–Crippen MR) is 173 cm³/mol. The van der Waals surface area contributed by atoms with Crippen molar-refractivity contribution in [1.29, 1.82) is 0 Å². The third-order valence-electron chi connectivity index (χ3n) is 8.52. The molecule has 2 aromatic heterocycles. The monoisotopic (exact) mass is 620 g/mol. The van der Waals surface area contributed by atoms with E-state index < -0.39 is 30.8 Å². The van der Waals surface area contributed by atoms with Crippen molar-refractivity contribution < 1.29 is 19.3 Å². The normalized spacial score (nSPS) is 22.8. The number of hydrogen-bond donors (Lipinski definition) is 1. The molecule has 11 nitrogen and oxygen atoms in total. The van der Waals surface area contributed by atoms with Gasteiger partial charge >= 0.3 is 0 Å². The Morgan fingerprint density at radius 2 is 1.54 bits per heavy atom. The Labute approximate surface area is 266 Å². The highest BCUT2D eigenvalue weighted by Gasteiger charge is 2.54. The van der Waals surface area contributed by atoms with Gasteiger partial charge in [0.05, 0.1) is 19.5 Å². The van der Waals surface area contributed by atoms with E-state index in [-0.39, 0.29) is 30.2 Å². The minimum absolute atomic E-state index is 0.185. The average molecular weight is 621 g/mol. The molecule has 0 radical (unpaired) electrons. The van der Waals surface area contributed by atoms with E-state index >= 15 is 0 Å². The zero-order valence-corrected chi connectivity index (χ0v) is 25.7. The van der Waals surface area contributed by atoms with E-state index in [0.717, 1.165) is 29.8 Å². The zero-order valence-electron chi connectivity index (χ0n) is 25.7. The maximum absolute atomic E-state index is 14.2. The number of aromatic nitrogens is 4. The molecule has 3 aromatic carbocycles. The van der Waals surface area contributed by atoms with Crippen molar-refractivity contribution in [3.63, 3.8) is 0 Å². The quantitative estimate of drug-likeness (QED) is 0.190. The Balaban J connectivity index is 1.36. The van der Waals surface area contributed by atoms with Crippen LogP contribution in [-0.4, -0.2) is 73.0 Å². The molecule has 5 aromatic rings. The van der Waals surface area contributed by atoms with Crippen LogP contribution in [0.15, 0.2) is 107 Å². The number of rotatable bonds is 9. The minimum atomic E-state index is -0.744. The molecule has 0 saturated carbocycles. The third kappa shape index (κ3) is 5.51. The van der Waals surface area contributed by atoms with Gasteiger partial charge in [0.2, 0.25) is 5.95 Å². The van der Waals surface area contributed by atoms with Gasteiger partial charge in [0, 0.05) is 24.2 Å². The first-order valence-corrected chi connectivity index (χ1v) is 15.6. The lowest BCUT2D eigenvalue weighted by Gasteiger charge is -2.24. The summed E-state index contributed by atoms with van der Waals surface area (Å²) in [5, 5.41) is 10.2. The molecule has 0 amide bonds. The standard InChI is InChI=1S/C35H36N6O5/c1-3-39(4-2)30(24-16-10-6-11-17-24)37-35-38-31-27(32(43)40(35)20-23-14-8-5-9-15-23)36-22-41(31)33-29-28(26(21-42)44-33)45-34(46-29)25-18-12-7-13-19-25/h5-19,22,26,28-29,33-34,42H,3-4,20-21H2,1-2H3/b37-30-/t26-,28-,29-,33-,34?/m1/s1. The highest BCUT2D eigenvalue weighted by Crippen LogP contribution is 2.44. The van der Waals surface area contributed by atoms with Gasteiger partial charge in [-0.3, -0.25) is 13.9 Å². The van der Waals surface area contributed by atoms with Gasteiger partial charge in [-0.05, 0) is 19.4 Å². The summed E-state index contributed by atoms with van der Waals surface area (Å²) in [5.74, 6) is 0.952. The van der Waals surface area contributed by atoms with Crippen molar-refractivity contribution in [2.45, 2.75) is 51.2 Å². The first kappa shape index (κ1) is 30.0. The molecule has 2 aliphatic rings. The number of fused-ring (bicyclic) bond motifs is 2. The lowest BCUT2D eigenvalue weighted by atomic mass is 10.1. The molecule has 236 valence electrons. The molecule has 5 atom stereocenters. The van der Waals surface area contributed by atoms with E-state index in [1.54, 1.807) is 15.5 Å². The van der Waals surface area contributed by atoms with Gasteiger partial charge in [-0.2, -0.15) is 9.98 Å². The second-order valence-electron chi connectivity index (χ2n) is 11.3. The predicted octanol–water partition coefficient (Wildman–Crippen LogP) is 4.43. The van der Waals surface area contributed by atoms with Crippen LogP contribution in [-0.2, 0) is 20.8 Å². The molecule has 2 fully saturated rings. The van der Waals surface area contributed by atoms with Gasteiger partial charge in [-0.15, -0.1) is 0 Å². The largest absolute Gasteiger partial charge is 0.394 e. The third-order valence-corrected chi connectivity index (χ3v) is 8.52. The number of amidine groups is 1. The molecule has 46 heavy (non-hydrogen) atoms. The van der Waals surface area contributed by atoms with Gasteiger partial charge in [0.15, 0.2) is 23.7 Å².